The van der Waals surface area contributed by atoms with Gasteiger partial charge in [0.05, 0.1) is 11.4 Å². The minimum atomic E-state index is 0.125. The van der Waals surface area contributed by atoms with E-state index in [-0.39, 0.29) is 18.6 Å². The number of nitrogens with two attached hydrogens (primary N) is 1. The van der Waals surface area contributed by atoms with Crippen molar-refractivity contribution < 1.29 is 14.6 Å². The summed E-state index contributed by atoms with van der Waals surface area (Å²) >= 11 is 0. The molecule has 0 bridgehead atoms. The summed E-state index contributed by atoms with van der Waals surface area (Å²) in [6, 6.07) is 3.75. The lowest BCUT2D eigenvalue weighted by Crippen LogP contribution is -2.26. The molecule has 5 nitrogen and oxygen atoms in total. The molecule has 0 aromatic heterocycles. The quantitative estimate of drug-likeness (QED) is 0.707. The van der Waals surface area contributed by atoms with Gasteiger partial charge in [-0.05, 0) is 12.8 Å². The Bertz CT molecular complexity index is 423. The molecule has 1 heterocycles. The van der Waals surface area contributed by atoms with Gasteiger partial charge in [-0.15, -0.1) is 0 Å². The SMILES string of the molecule is CC(CO)C(C)Nc1cc2c(cc1N)OCCO2. The first-order chi connectivity index (χ1) is 8.61. The maximum Gasteiger partial charge on any atom is 0.163 e. The van der Waals surface area contributed by atoms with Crippen molar-refractivity contribution in [2.45, 2.75) is 19.9 Å². The molecule has 0 amide bonds. The lowest BCUT2D eigenvalue weighted by molar-refractivity contribution is 0.172. The van der Waals surface area contributed by atoms with Crippen LogP contribution in [0, 0.1) is 5.92 Å². The molecule has 100 valence electrons. The number of ether oxygens (including phenoxy) is 2. The van der Waals surface area contributed by atoms with E-state index in [2.05, 4.69) is 5.32 Å². The lowest BCUT2D eigenvalue weighted by Gasteiger charge is -2.24. The van der Waals surface area contributed by atoms with Gasteiger partial charge in [0.2, 0.25) is 0 Å². The zero-order valence-electron chi connectivity index (χ0n) is 10.8. The van der Waals surface area contributed by atoms with E-state index in [0.29, 0.717) is 30.4 Å². The van der Waals surface area contributed by atoms with Crippen LogP contribution >= 0.6 is 0 Å². The van der Waals surface area contributed by atoms with Crippen molar-refractivity contribution in [3.05, 3.63) is 12.1 Å². The number of rotatable bonds is 4. The van der Waals surface area contributed by atoms with Crippen LogP contribution in [0.2, 0.25) is 0 Å². The van der Waals surface area contributed by atoms with E-state index in [9.17, 15) is 0 Å². The van der Waals surface area contributed by atoms with Gasteiger partial charge in [-0.2, -0.15) is 0 Å². The van der Waals surface area contributed by atoms with Gasteiger partial charge in [0.1, 0.15) is 13.2 Å². The Morgan fingerprint density at radius 2 is 1.89 bits per heavy atom. The Kier molecular flexibility index (Phi) is 3.81. The van der Waals surface area contributed by atoms with Crippen LogP contribution in [0.4, 0.5) is 11.4 Å². The van der Waals surface area contributed by atoms with Gasteiger partial charge < -0.3 is 25.6 Å². The number of hydrogen-bond donors (Lipinski definition) is 3. The smallest absolute Gasteiger partial charge is 0.163 e. The highest BCUT2D eigenvalue weighted by molar-refractivity contribution is 5.72. The Hall–Kier alpha value is -1.62. The van der Waals surface area contributed by atoms with Crippen LogP contribution in [0.5, 0.6) is 11.5 Å². The van der Waals surface area contributed by atoms with Crippen LogP contribution < -0.4 is 20.5 Å². The monoisotopic (exact) mass is 252 g/mol. The summed E-state index contributed by atoms with van der Waals surface area (Å²) in [4.78, 5) is 0. The van der Waals surface area contributed by atoms with Gasteiger partial charge >= 0.3 is 0 Å². The Labute approximate surface area is 107 Å². The first-order valence-electron chi connectivity index (χ1n) is 6.18. The molecule has 2 atom stereocenters. The van der Waals surface area contributed by atoms with E-state index in [1.165, 1.54) is 0 Å². The molecule has 18 heavy (non-hydrogen) atoms. The second kappa shape index (κ2) is 5.35. The molecule has 1 aromatic rings. The molecule has 0 saturated heterocycles. The molecule has 4 N–H and O–H groups in total. The summed E-state index contributed by atoms with van der Waals surface area (Å²) < 4.78 is 11.0. The van der Waals surface area contributed by atoms with Gasteiger partial charge in [-0.1, -0.05) is 6.92 Å². The third-order valence-electron chi connectivity index (χ3n) is 3.24. The third kappa shape index (κ3) is 2.61. The number of nitrogen functional groups attached to an aromatic ring is 1. The maximum absolute atomic E-state index is 9.13. The molecular weight excluding hydrogens is 232 g/mol. The molecule has 0 fully saturated rings. The van der Waals surface area contributed by atoms with Crippen LogP contribution in [-0.2, 0) is 0 Å². The van der Waals surface area contributed by atoms with E-state index < -0.39 is 0 Å². The molecule has 5 heteroatoms. The van der Waals surface area contributed by atoms with Gasteiger partial charge in [-0.25, -0.2) is 0 Å². The number of hydrogen-bond acceptors (Lipinski definition) is 5. The van der Waals surface area contributed by atoms with E-state index in [0.717, 1.165) is 5.69 Å². The van der Waals surface area contributed by atoms with Crippen LogP contribution in [0.1, 0.15) is 13.8 Å². The second-order valence-corrected chi connectivity index (χ2v) is 4.68. The zero-order chi connectivity index (χ0) is 13.1. The first-order valence-corrected chi connectivity index (χ1v) is 6.18. The summed E-state index contributed by atoms with van der Waals surface area (Å²) in [6.07, 6.45) is 0. The summed E-state index contributed by atoms with van der Waals surface area (Å²) in [6.45, 7) is 5.23. The van der Waals surface area contributed by atoms with Crippen molar-refractivity contribution in [2.75, 3.05) is 30.9 Å². The minimum Gasteiger partial charge on any atom is -0.486 e. The van der Waals surface area contributed by atoms with Gasteiger partial charge in [0.25, 0.3) is 0 Å². The Morgan fingerprint density at radius 1 is 1.28 bits per heavy atom. The van der Waals surface area contributed by atoms with Gasteiger partial charge in [0, 0.05) is 24.8 Å². The number of anilines is 2. The molecular formula is C13H20N2O3. The molecule has 0 radical (unpaired) electrons. The van der Waals surface area contributed by atoms with E-state index in [1.807, 2.05) is 19.9 Å². The zero-order valence-corrected chi connectivity index (χ0v) is 10.8. The van der Waals surface area contributed by atoms with Crippen molar-refractivity contribution in [1.82, 2.24) is 0 Å². The Morgan fingerprint density at radius 3 is 2.50 bits per heavy atom. The lowest BCUT2D eigenvalue weighted by atomic mass is 10.0. The van der Waals surface area contributed by atoms with Gasteiger partial charge in [-0.3, -0.25) is 0 Å². The Balaban J connectivity index is 2.18. The van der Waals surface area contributed by atoms with Crippen LogP contribution in [-0.4, -0.2) is 31.0 Å². The van der Waals surface area contributed by atoms with Crippen LogP contribution in [0.3, 0.4) is 0 Å². The van der Waals surface area contributed by atoms with Crippen molar-refractivity contribution in [3.8, 4) is 11.5 Å². The number of benzene rings is 1. The molecule has 1 aliphatic heterocycles. The normalized spacial score (nSPS) is 17.1. The number of fused-ring (bicyclic) bond motifs is 1. The molecule has 0 spiro atoms. The van der Waals surface area contributed by atoms with Crippen molar-refractivity contribution >= 4 is 11.4 Å². The second-order valence-electron chi connectivity index (χ2n) is 4.68. The molecule has 2 unspecified atom stereocenters. The fourth-order valence-electron chi connectivity index (χ4n) is 1.78. The highest BCUT2D eigenvalue weighted by Gasteiger charge is 2.17. The number of aliphatic hydroxyl groups is 1. The summed E-state index contributed by atoms with van der Waals surface area (Å²) in [5, 5.41) is 12.4. The van der Waals surface area contributed by atoms with Crippen LogP contribution in [0.25, 0.3) is 0 Å². The minimum absolute atomic E-state index is 0.125. The number of aliphatic hydroxyl groups excluding tert-OH is 1. The highest BCUT2D eigenvalue weighted by Crippen LogP contribution is 2.37. The fraction of sp³-hybridized carbons (Fsp3) is 0.538. The molecule has 2 rings (SSSR count). The third-order valence-corrected chi connectivity index (χ3v) is 3.24. The predicted octanol–water partition coefficient (Wildman–Crippen LogP) is 1.47. The summed E-state index contributed by atoms with van der Waals surface area (Å²) in [5.41, 5.74) is 7.41. The summed E-state index contributed by atoms with van der Waals surface area (Å²) in [7, 11) is 0. The first kappa shape index (κ1) is 12.8. The van der Waals surface area contributed by atoms with Crippen molar-refractivity contribution in [2.24, 2.45) is 5.92 Å². The topological polar surface area (TPSA) is 76.7 Å². The average molecular weight is 252 g/mol. The maximum atomic E-state index is 9.13. The standard InChI is InChI=1S/C13H20N2O3/c1-8(7-16)9(2)15-11-6-13-12(5-10(11)14)17-3-4-18-13/h5-6,8-9,15-16H,3-4,7,14H2,1-2H3. The van der Waals surface area contributed by atoms with Crippen molar-refractivity contribution in [3.63, 3.8) is 0 Å². The number of nitrogens with one attached hydrogen (secondary N) is 1. The molecule has 0 aliphatic carbocycles. The highest BCUT2D eigenvalue weighted by atomic mass is 16.6. The van der Waals surface area contributed by atoms with E-state index in [1.54, 1.807) is 6.07 Å². The molecule has 1 aliphatic rings. The summed E-state index contributed by atoms with van der Waals surface area (Å²) in [5.74, 6) is 1.55. The van der Waals surface area contributed by atoms with Gasteiger partial charge in [0.15, 0.2) is 11.5 Å². The average Bonchev–Trinajstić information content (AvgIpc) is 2.38. The molecule has 0 saturated carbocycles. The van der Waals surface area contributed by atoms with Crippen molar-refractivity contribution in [1.29, 1.82) is 0 Å². The fourth-order valence-corrected chi connectivity index (χ4v) is 1.78. The largest absolute Gasteiger partial charge is 0.486 e. The van der Waals surface area contributed by atoms with Crippen LogP contribution in [0.15, 0.2) is 12.1 Å². The predicted molar refractivity (Wildman–Crippen MR) is 71.2 cm³/mol. The van der Waals surface area contributed by atoms with E-state index >= 15 is 0 Å². The molecule has 1 aromatic carbocycles. The van der Waals surface area contributed by atoms with E-state index in [4.69, 9.17) is 20.3 Å².